The average Bonchev–Trinajstić information content (AvgIpc) is 2.38. The van der Waals surface area contributed by atoms with E-state index in [0.717, 1.165) is 15.6 Å². The van der Waals surface area contributed by atoms with E-state index in [9.17, 15) is 4.79 Å². The Hall–Kier alpha value is -1.81. The highest BCUT2D eigenvalue weighted by Gasteiger charge is 2.02. The summed E-state index contributed by atoms with van der Waals surface area (Å²) in [4.78, 5) is 10.6. The van der Waals surface area contributed by atoms with E-state index in [4.69, 9.17) is 9.84 Å². The Morgan fingerprint density at radius 1 is 1.11 bits per heavy atom. The Labute approximate surface area is 120 Å². The predicted molar refractivity (Wildman–Crippen MR) is 76.3 cm³/mol. The zero-order chi connectivity index (χ0) is 13.7. The van der Waals surface area contributed by atoms with Gasteiger partial charge in [-0.1, -0.05) is 40.2 Å². The number of hydrogen-bond acceptors (Lipinski definition) is 2. The molecule has 0 atom stereocenters. The Morgan fingerprint density at radius 3 is 2.53 bits per heavy atom. The first-order chi connectivity index (χ1) is 9.13. The Morgan fingerprint density at radius 2 is 1.84 bits per heavy atom. The molecule has 0 unspecified atom stereocenters. The van der Waals surface area contributed by atoms with Crippen LogP contribution < -0.4 is 4.74 Å². The SMILES string of the molecule is O=C(O)Cc1cccc(OCc2ccc(Br)cc2)c1. The maximum Gasteiger partial charge on any atom is 0.307 e. The van der Waals surface area contributed by atoms with E-state index in [1.807, 2.05) is 30.3 Å². The summed E-state index contributed by atoms with van der Waals surface area (Å²) in [6, 6.07) is 15.0. The van der Waals surface area contributed by atoms with Gasteiger partial charge in [-0.05, 0) is 35.4 Å². The van der Waals surface area contributed by atoms with Crippen molar-refractivity contribution >= 4 is 21.9 Å². The van der Waals surface area contributed by atoms with Crippen LogP contribution in [0.25, 0.3) is 0 Å². The van der Waals surface area contributed by atoms with Crippen LogP contribution in [-0.4, -0.2) is 11.1 Å². The van der Waals surface area contributed by atoms with Gasteiger partial charge >= 0.3 is 5.97 Å². The van der Waals surface area contributed by atoms with Gasteiger partial charge in [-0.25, -0.2) is 0 Å². The van der Waals surface area contributed by atoms with E-state index >= 15 is 0 Å². The van der Waals surface area contributed by atoms with E-state index in [-0.39, 0.29) is 6.42 Å². The first-order valence-corrected chi connectivity index (χ1v) is 6.61. The summed E-state index contributed by atoms with van der Waals surface area (Å²) in [6.07, 6.45) is 0.00941. The molecule has 0 saturated carbocycles. The van der Waals surface area contributed by atoms with Gasteiger partial charge in [0, 0.05) is 4.47 Å². The van der Waals surface area contributed by atoms with E-state index in [1.165, 1.54) is 0 Å². The van der Waals surface area contributed by atoms with Crippen molar-refractivity contribution in [1.82, 2.24) is 0 Å². The minimum Gasteiger partial charge on any atom is -0.489 e. The molecule has 0 amide bonds. The number of aliphatic carboxylic acids is 1. The minimum atomic E-state index is -0.843. The second-order valence-corrected chi connectivity index (χ2v) is 5.05. The molecular formula is C15H13BrO3. The molecule has 2 aromatic carbocycles. The molecule has 0 aromatic heterocycles. The van der Waals surface area contributed by atoms with Gasteiger partial charge < -0.3 is 9.84 Å². The molecule has 0 heterocycles. The molecule has 0 saturated heterocycles. The Kier molecular flexibility index (Phi) is 4.58. The van der Waals surface area contributed by atoms with Crippen LogP contribution in [0, 0.1) is 0 Å². The molecule has 0 fully saturated rings. The van der Waals surface area contributed by atoms with Gasteiger partial charge in [0.25, 0.3) is 0 Å². The van der Waals surface area contributed by atoms with Crippen molar-refractivity contribution in [3.63, 3.8) is 0 Å². The van der Waals surface area contributed by atoms with Gasteiger partial charge in [0.05, 0.1) is 6.42 Å². The van der Waals surface area contributed by atoms with Crippen molar-refractivity contribution in [3.05, 3.63) is 64.1 Å². The molecule has 1 N–H and O–H groups in total. The van der Waals surface area contributed by atoms with Crippen LogP contribution in [0.1, 0.15) is 11.1 Å². The van der Waals surface area contributed by atoms with Crippen LogP contribution in [0.2, 0.25) is 0 Å². The monoisotopic (exact) mass is 320 g/mol. The highest BCUT2D eigenvalue weighted by atomic mass is 79.9. The van der Waals surface area contributed by atoms with Gasteiger partial charge in [-0.3, -0.25) is 4.79 Å². The summed E-state index contributed by atoms with van der Waals surface area (Å²) < 4.78 is 6.67. The van der Waals surface area contributed by atoms with Gasteiger partial charge in [-0.2, -0.15) is 0 Å². The van der Waals surface area contributed by atoms with Crippen molar-refractivity contribution in [1.29, 1.82) is 0 Å². The lowest BCUT2D eigenvalue weighted by atomic mass is 10.1. The normalized spacial score (nSPS) is 10.2. The van der Waals surface area contributed by atoms with E-state index in [0.29, 0.717) is 12.4 Å². The highest BCUT2D eigenvalue weighted by molar-refractivity contribution is 9.10. The van der Waals surface area contributed by atoms with E-state index < -0.39 is 5.97 Å². The van der Waals surface area contributed by atoms with Crippen molar-refractivity contribution < 1.29 is 14.6 Å². The van der Waals surface area contributed by atoms with Gasteiger partial charge in [-0.15, -0.1) is 0 Å². The van der Waals surface area contributed by atoms with Crippen LogP contribution in [0.3, 0.4) is 0 Å². The molecule has 3 nitrogen and oxygen atoms in total. The molecule has 0 spiro atoms. The van der Waals surface area contributed by atoms with Crippen molar-refractivity contribution in [2.45, 2.75) is 13.0 Å². The quantitative estimate of drug-likeness (QED) is 0.914. The number of halogens is 1. The minimum absolute atomic E-state index is 0.00941. The maximum atomic E-state index is 10.6. The topological polar surface area (TPSA) is 46.5 Å². The summed E-state index contributed by atoms with van der Waals surface area (Å²) in [5, 5.41) is 8.75. The summed E-state index contributed by atoms with van der Waals surface area (Å²) in [5.41, 5.74) is 1.80. The third-order valence-electron chi connectivity index (χ3n) is 2.57. The number of ether oxygens (including phenoxy) is 1. The molecular weight excluding hydrogens is 308 g/mol. The molecule has 98 valence electrons. The van der Waals surface area contributed by atoms with Gasteiger partial charge in [0.15, 0.2) is 0 Å². The second kappa shape index (κ2) is 6.38. The molecule has 0 bridgehead atoms. The molecule has 0 aliphatic rings. The van der Waals surface area contributed by atoms with Crippen molar-refractivity contribution in [3.8, 4) is 5.75 Å². The lowest BCUT2D eigenvalue weighted by Crippen LogP contribution is -2.01. The molecule has 2 aromatic rings. The molecule has 0 aliphatic carbocycles. The number of carboxylic acids is 1. The molecule has 2 rings (SSSR count). The summed E-state index contributed by atoms with van der Waals surface area (Å²) >= 11 is 3.38. The fourth-order valence-corrected chi connectivity index (χ4v) is 1.93. The fourth-order valence-electron chi connectivity index (χ4n) is 1.67. The van der Waals surface area contributed by atoms with E-state index in [1.54, 1.807) is 18.2 Å². The van der Waals surface area contributed by atoms with Crippen molar-refractivity contribution in [2.75, 3.05) is 0 Å². The number of hydrogen-bond donors (Lipinski definition) is 1. The molecule has 0 aliphatic heterocycles. The smallest absolute Gasteiger partial charge is 0.307 e. The Balaban J connectivity index is 1.99. The van der Waals surface area contributed by atoms with Gasteiger partial charge in [0.1, 0.15) is 12.4 Å². The zero-order valence-corrected chi connectivity index (χ0v) is 11.8. The molecule has 19 heavy (non-hydrogen) atoms. The number of benzene rings is 2. The van der Waals surface area contributed by atoms with Crippen LogP contribution in [-0.2, 0) is 17.8 Å². The summed E-state index contributed by atoms with van der Waals surface area (Å²) in [7, 11) is 0. The largest absolute Gasteiger partial charge is 0.489 e. The summed E-state index contributed by atoms with van der Waals surface area (Å²) in [6.45, 7) is 0.462. The van der Waals surface area contributed by atoms with Crippen LogP contribution in [0.15, 0.2) is 53.0 Å². The lowest BCUT2D eigenvalue weighted by molar-refractivity contribution is -0.136. The molecule has 4 heteroatoms. The third kappa shape index (κ3) is 4.41. The van der Waals surface area contributed by atoms with E-state index in [2.05, 4.69) is 15.9 Å². The third-order valence-corrected chi connectivity index (χ3v) is 3.10. The van der Waals surface area contributed by atoms with Crippen LogP contribution in [0.5, 0.6) is 5.75 Å². The second-order valence-electron chi connectivity index (χ2n) is 4.13. The first kappa shape index (κ1) is 13.6. The Bertz CT molecular complexity index is 564. The lowest BCUT2D eigenvalue weighted by Gasteiger charge is -2.07. The standard InChI is InChI=1S/C15H13BrO3/c16-13-6-4-11(5-7-13)10-19-14-3-1-2-12(8-14)9-15(17)18/h1-8H,9-10H2,(H,17,18). The van der Waals surface area contributed by atoms with Crippen molar-refractivity contribution in [2.24, 2.45) is 0 Å². The summed E-state index contributed by atoms with van der Waals surface area (Å²) in [5.74, 6) is -0.160. The number of carboxylic acid groups (broad SMARTS) is 1. The maximum absolute atomic E-state index is 10.6. The fraction of sp³-hybridized carbons (Fsp3) is 0.133. The molecule has 0 radical (unpaired) electrons. The first-order valence-electron chi connectivity index (χ1n) is 5.81. The number of carbonyl (C=O) groups is 1. The van der Waals surface area contributed by atoms with Crippen LogP contribution in [0.4, 0.5) is 0 Å². The number of rotatable bonds is 5. The van der Waals surface area contributed by atoms with Crippen LogP contribution >= 0.6 is 15.9 Å². The highest BCUT2D eigenvalue weighted by Crippen LogP contribution is 2.17. The average molecular weight is 321 g/mol. The predicted octanol–water partition coefficient (Wildman–Crippen LogP) is 3.66. The zero-order valence-electron chi connectivity index (χ0n) is 10.2. The van der Waals surface area contributed by atoms with Gasteiger partial charge in [0.2, 0.25) is 0 Å².